The molecule has 178 valence electrons. The largest absolute Gasteiger partial charge is 0.351 e. The smallest absolute Gasteiger partial charge is 0.254 e. The topological polar surface area (TPSA) is 90.0 Å². The van der Waals surface area contributed by atoms with Crippen LogP contribution in [0.4, 0.5) is 0 Å². The fraction of sp³-hybridized carbons (Fsp3) is 0.478. The van der Waals surface area contributed by atoms with E-state index < -0.39 is 10.0 Å². The number of nitrogens with one attached hydrogen (secondary N) is 1. The Bertz CT molecular complexity index is 1040. The molecule has 1 aromatic heterocycles. The predicted octanol–water partition coefficient (Wildman–Crippen LogP) is 2.11. The van der Waals surface area contributed by atoms with Crippen molar-refractivity contribution in [1.29, 1.82) is 0 Å². The van der Waals surface area contributed by atoms with Crippen molar-refractivity contribution in [3.05, 3.63) is 52.2 Å². The summed E-state index contributed by atoms with van der Waals surface area (Å²) in [5.41, 5.74) is 1.19. The highest BCUT2D eigenvalue weighted by Crippen LogP contribution is 2.21. The van der Waals surface area contributed by atoms with Crippen LogP contribution in [0.3, 0.4) is 0 Å². The van der Waals surface area contributed by atoms with Crippen molar-refractivity contribution in [2.24, 2.45) is 0 Å². The number of carbonyl (C=O) groups is 2. The summed E-state index contributed by atoms with van der Waals surface area (Å²) >= 11 is 1.52. The van der Waals surface area contributed by atoms with Crippen LogP contribution >= 0.6 is 11.3 Å². The Morgan fingerprint density at radius 1 is 0.879 bits per heavy atom. The van der Waals surface area contributed by atoms with E-state index in [4.69, 9.17) is 0 Å². The lowest BCUT2D eigenvalue weighted by atomic mass is 10.2. The first-order valence-corrected chi connectivity index (χ1v) is 13.8. The monoisotopic (exact) mass is 490 g/mol. The van der Waals surface area contributed by atoms with Gasteiger partial charge in [0, 0.05) is 63.3 Å². The number of thiophene rings is 1. The van der Waals surface area contributed by atoms with Crippen molar-refractivity contribution >= 4 is 33.2 Å². The summed E-state index contributed by atoms with van der Waals surface area (Å²) in [6.45, 7) is 5.20. The molecule has 4 rings (SSSR count). The third kappa shape index (κ3) is 5.81. The number of benzene rings is 1. The number of nitrogens with zero attached hydrogens (tertiary/aromatic N) is 3. The van der Waals surface area contributed by atoms with E-state index in [-0.39, 0.29) is 16.7 Å². The van der Waals surface area contributed by atoms with E-state index >= 15 is 0 Å². The van der Waals surface area contributed by atoms with Crippen LogP contribution in [0.1, 0.15) is 40.0 Å². The van der Waals surface area contributed by atoms with Crippen molar-refractivity contribution in [3.63, 3.8) is 0 Å². The number of piperidine rings is 1. The average molecular weight is 491 g/mol. The molecule has 3 heterocycles. The zero-order valence-electron chi connectivity index (χ0n) is 18.6. The lowest BCUT2D eigenvalue weighted by Crippen LogP contribution is -2.50. The molecule has 1 aromatic carbocycles. The summed E-state index contributed by atoms with van der Waals surface area (Å²) in [5, 5.41) is 6.69. The van der Waals surface area contributed by atoms with Gasteiger partial charge in [0.25, 0.3) is 11.8 Å². The second-order valence-electron chi connectivity index (χ2n) is 8.39. The number of piperazine rings is 1. The number of carbonyl (C=O) groups excluding carboxylic acids is 2. The summed E-state index contributed by atoms with van der Waals surface area (Å²) in [4.78, 5) is 29.2. The maximum atomic E-state index is 12.7. The first-order valence-electron chi connectivity index (χ1n) is 11.4. The van der Waals surface area contributed by atoms with Crippen LogP contribution in [0.5, 0.6) is 0 Å². The van der Waals surface area contributed by atoms with Gasteiger partial charge in [-0.25, -0.2) is 8.42 Å². The Labute approximate surface area is 199 Å². The van der Waals surface area contributed by atoms with Gasteiger partial charge in [-0.3, -0.25) is 14.5 Å². The van der Waals surface area contributed by atoms with Crippen molar-refractivity contribution < 1.29 is 18.0 Å². The first kappa shape index (κ1) is 23.9. The molecule has 0 radical (unpaired) electrons. The van der Waals surface area contributed by atoms with Gasteiger partial charge >= 0.3 is 0 Å². The molecule has 2 aliphatic rings. The molecule has 2 amide bonds. The van der Waals surface area contributed by atoms with E-state index in [0.29, 0.717) is 44.8 Å². The highest BCUT2D eigenvalue weighted by molar-refractivity contribution is 7.89. The lowest BCUT2D eigenvalue weighted by Gasteiger charge is -2.34. The zero-order valence-corrected chi connectivity index (χ0v) is 20.2. The van der Waals surface area contributed by atoms with Crippen LogP contribution in [-0.4, -0.2) is 86.7 Å². The summed E-state index contributed by atoms with van der Waals surface area (Å²) in [5.74, 6) is -0.141. The van der Waals surface area contributed by atoms with Gasteiger partial charge in [0.15, 0.2) is 0 Å². The Morgan fingerprint density at radius 3 is 2.21 bits per heavy atom. The summed E-state index contributed by atoms with van der Waals surface area (Å²) in [7, 11) is -3.49. The molecule has 10 heteroatoms. The van der Waals surface area contributed by atoms with Crippen LogP contribution in [0.25, 0.3) is 0 Å². The third-order valence-corrected chi connectivity index (χ3v) is 8.81. The molecule has 0 spiro atoms. The first-order chi connectivity index (χ1) is 15.9. The fourth-order valence-electron chi connectivity index (χ4n) is 4.21. The Hall–Kier alpha value is -2.27. The summed E-state index contributed by atoms with van der Waals surface area (Å²) < 4.78 is 27.0. The van der Waals surface area contributed by atoms with E-state index in [0.717, 1.165) is 37.9 Å². The molecule has 2 saturated heterocycles. The van der Waals surface area contributed by atoms with Crippen LogP contribution in [0, 0.1) is 0 Å². The van der Waals surface area contributed by atoms with Gasteiger partial charge in [-0.15, -0.1) is 0 Å². The predicted molar refractivity (Wildman–Crippen MR) is 128 cm³/mol. The number of rotatable bonds is 7. The fourth-order valence-corrected chi connectivity index (χ4v) is 6.35. The molecule has 1 N–H and O–H groups in total. The zero-order chi connectivity index (χ0) is 23.3. The van der Waals surface area contributed by atoms with Crippen LogP contribution in [-0.2, 0) is 10.0 Å². The lowest BCUT2D eigenvalue weighted by molar-refractivity contribution is 0.0638. The molecule has 0 atom stereocenters. The van der Waals surface area contributed by atoms with E-state index in [1.165, 1.54) is 27.8 Å². The van der Waals surface area contributed by atoms with Gasteiger partial charge in [0.2, 0.25) is 10.0 Å². The van der Waals surface area contributed by atoms with Crippen LogP contribution in [0.15, 0.2) is 46.0 Å². The van der Waals surface area contributed by atoms with Crippen LogP contribution < -0.4 is 5.32 Å². The maximum Gasteiger partial charge on any atom is 0.254 e. The van der Waals surface area contributed by atoms with Gasteiger partial charge in [-0.1, -0.05) is 6.42 Å². The Balaban J connectivity index is 1.21. The van der Waals surface area contributed by atoms with Gasteiger partial charge in [0.05, 0.1) is 10.5 Å². The van der Waals surface area contributed by atoms with Crippen molar-refractivity contribution in [2.45, 2.75) is 24.2 Å². The average Bonchev–Trinajstić information content (AvgIpc) is 3.40. The van der Waals surface area contributed by atoms with E-state index in [1.807, 2.05) is 21.7 Å². The molecule has 8 nitrogen and oxygen atoms in total. The number of hydrogen-bond acceptors (Lipinski definition) is 6. The maximum absolute atomic E-state index is 12.7. The van der Waals surface area contributed by atoms with Gasteiger partial charge in [-0.05, 0) is 48.6 Å². The molecule has 33 heavy (non-hydrogen) atoms. The van der Waals surface area contributed by atoms with E-state index in [9.17, 15) is 18.0 Å². The van der Waals surface area contributed by atoms with Crippen LogP contribution in [0.2, 0.25) is 0 Å². The number of hydrogen-bond donors (Lipinski definition) is 1. The summed E-state index contributed by atoms with van der Waals surface area (Å²) in [6.07, 6.45) is 2.84. The Morgan fingerprint density at radius 2 is 1.58 bits per heavy atom. The minimum Gasteiger partial charge on any atom is -0.351 e. The molecule has 0 bridgehead atoms. The highest BCUT2D eigenvalue weighted by atomic mass is 32.2. The Kier molecular flexibility index (Phi) is 7.79. The summed E-state index contributed by atoms with van der Waals surface area (Å²) in [6, 6.07) is 8.03. The molecular weight excluding hydrogens is 460 g/mol. The van der Waals surface area contributed by atoms with Crippen molar-refractivity contribution in [1.82, 2.24) is 19.4 Å². The van der Waals surface area contributed by atoms with Gasteiger partial charge in [-0.2, -0.15) is 15.6 Å². The minimum absolute atomic E-state index is 0.0787. The molecule has 0 saturated carbocycles. The number of amides is 2. The molecule has 2 aliphatic heterocycles. The minimum atomic E-state index is -3.49. The molecular formula is C23H30N4O4S2. The van der Waals surface area contributed by atoms with Crippen molar-refractivity contribution in [2.75, 3.05) is 52.4 Å². The SMILES string of the molecule is O=C(NCCN1CCN(C(=O)c2ccsc2)CC1)c1ccc(S(=O)(=O)N2CCCCC2)cc1. The molecule has 0 aliphatic carbocycles. The standard InChI is InChI=1S/C23H30N4O4S2/c28-22(19-4-6-21(7-5-19)33(30,31)27-10-2-1-3-11-27)24-9-12-25-13-15-26(16-14-25)23(29)20-8-17-32-18-20/h4-8,17-18H,1-3,9-16H2,(H,24,28). The van der Waals surface area contributed by atoms with E-state index in [1.54, 1.807) is 12.1 Å². The van der Waals surface area contributed by atoms with Gasteiger partial charge in [0.1, 0.15) is 0 Å². The second kappa shape index (κ2) is 10.8. The second-order valence-corrected chi connectivity index (χ2v) is 11.1. The quantitative estimate of drug-likeness (QED) is 0.642. The normalized spacial score (nSPS) is 18.2. The highest BCUT2D eigenvalue weighted by Gasteiger charge is 2.26. The van der Waals surface area contributed by atoms with E-state index in [2.05, 4.69) is 10.2 Å². The van der Waals surface area contributed by atoms with Gasteiger partial charge < -0.3 is 10.2 Å². The molecule has 2 fully saturated rings. The molecule has 2 aromatic rings. The van der Waals surface area contributed by atoms with Crippen molar-refractivity contribution in [3.8, 4) is 0 Å². The number of sulfonamides is 1. The molecule has 0 unspecified atom stereocenters. The third-order valence-electron chi connectivity index (χ3n) is 6.21.